The van der Waals surface area contributed by atoms with Gasteiger partial charge in [0, 0.05) is 30.6 Å². The Labute approximate surface area is 111 Å². The van der Waals surface area contributed by atoms with Crippen LogP contribution < -0.4 is 5.43 Å². The molecule has 0 fully saturated rings. The number of nitrogens with one attached hydrogen (secondary N) is 1. The predicted octanol–water partition coefficient (Wildman–Crippen LogP) is 2.70. The van der Waals surface area contributed by atoms with Crippen LogP contribution in [-0.2, 0) is 6.42 Å². The molecule has 3 heterocycles. The van der Waals surface area contributed by atoms with E-state index in [9.17, 15) is 0 Å². The second kappa shape index (κ2) is 4.68. The van der Waals surface area contributed by atoms with Gasteiger partial charge in [-0.2, -0.15) is 5.10 Å². The summed E-state index contributed by atoms with van der Waals surface area (Å²) in [5, 5.41) is 3.94. The number of aryl methyl sites for hydroxylation is 1. The molecular weight excluding hydrogens is 238 g/mol. The van der Waals surface area contributed by atoms with E-state index in [1.54, 1.807) is 6.21 Å². The number of aromatic nitrogens is 3. The fourth-order valence-corrected chi connectivity index (χ4v) is 2.25. The van der Waals surface area contributed by atoms with E-state index in [-0.39, 0.29) is 0 Å². The SMILES string of the molecule is C/C=N/Nc1ccc(-c2c(C)nc3n2C=CC3)cn1. The second-order valence-corrected chi connectivity index (χ2v) is 4.35. The Balaban J connectivity index is 1.97. The number of imidazole rings is 1. The van der Waals surface area contributed by atoms with Crippen LogP contribution in [0.5, 0.6) is 0 Å². The molecular formula is C14H15N5. The lowest BCUT2D eigenvalue weighted by atomic mass is 10.2. The number of hydrogen-bond donors (Lipinski definition) is 1. The van der Waals surface area contributed by atoms with Gasteiger partial charge in [0.25, 0.3) is 0 Å². The van der Waals surface area contributed by atoms with Crippen LogP contribution in [-0.4, -0.2) is 20.7 Å². The summed E-state index contributed by atoms with van der Waals surface area (Å²) in [6.45, 7) is 3.88. The fraction of sp³-hybridized carbons (Fsp3) is 0.214. The number of anilines is 1. The van der Waals surface area contributed by atoms with E-state index in [1.165, 1.54) is 0 Å². The van der Waals surface area contributed by atoms with Crippen LogP contribution in [0.1, 0.15) is 18.4 Å². The molecule has 0 atom stereocenters. The Bertz CT molecular complexity index is 649. The number of fused-ring (bicyclic) bond motifs is 1. The van der Waals surface area contributed by atoms with Gasteiger partial charge in [-0.25, -0.2) is 9.97 Å². The van der Waals surface area contributed by atoms with E-state index in [1.807, 2.05) is 32.2 Å². The van der Waals surface area contributed by atoms with Gasteiger partial charge >= 0.3 is 0 Å². The summed E-state index contributed by atoms with van der Waals surface area (Å²) in [6, 6.07) is 3.95. The van der Waals surface area contributed by atoms with Gasteiger partial charge in [-0.1, -0.05) is 6.08 Å². The van der Waals surface area contributed by atoms with Crippen molar-refractivity contribution in [3.63, 3.8) is 0 Å². The summed E-state index contributed by atoms with van der Waals surface area (Å²) in [5.74, 6) is 1.82. The summed E-state index contributed by atoms with van der Waals surface area (Å²) in [6.07, 6.45) is 8.62. The first kappa shape index (κ1) is 11.6. The monoisotopic (exact) mass is 253 g/mol. The van der Waals surface area contributed by atoms with Gasteiger partial charge in [-0.3, -0.25) is 5.43 Å². The normalized spacial score (nSPS) is 13.2. The minimum absolute atomic E-state index is 0.733. The first-order valence-corrected chi connectivity index (χ1v) is 6.24. The molecule has 1 aliphatic rings. The van der Waals surface area contributed by atoms with Crippen LogP contribution in [0, 0.1) is 6.92 Å². The zero-order valence-corrected chi connectivity index (χ0v) is 11.0. The summed E-state index contributed by atoms with van der Waals surface area (Å²) in [4.78, 5) is 8.92. The lowest BCUT2D eigenvalue weighted by molar-refractivity contribution is 1.02. The maximum atomic E-state index is 4.57. The highest BCUT2D eigenvalue weighted by molar-refractivity contribution is 5.67. The number of hydrazone groups is 1. The summed E-state index contributed by atoms with van der Waals surface area (Å²) >= 11 is 0. The predicted molar refractivity (Wildman–Crippen MR) is 77.0 cm³/mol. The standard InChI is InChI=1S/C14H15N5/c1-3-16-18-12-7-6-11(9-15-12)14-10(2)17-13-5-4-8-19(13)14/h3-4,6-9H,5H2,1-2H3,(H,15,18)/b16-3+. The lowest BCUT2D eigenvalue weighted by Gasteiger charge is -2.05. The number of allylic oxidation sites excluding steroid dienone is 1. The molecule has 1 N–H and O–H groups in total. The zero-order chi connectivity index (χ0) is 13.2. The second-order valence-electron chi connectivity index (χ2n) is 4.35. The molecule has 2 aromatic rings. The van der Waals surface area contributed by atoms with E-state index in [4.69, 9.17) is 0 Å². The largest absolute Gasteiger partial charge is 0.303 e. The highest BCUT2D eigenvalue weighted by Crippen LogP contribution is 2.28. The van der Waals surface area contributed by atoms with Crippen LogP contribution in [0.25, 0.3) is 17.5 Å². The van der Waals surface area contributed by atoms with Gasteiger partial charge in [0.1, 0.15) is 11.6 Å². The number of pyridine rings is 1. The average molecular weight is 253 g/mol. The number of hydrogen-bond acceptors (Lipinski definition) is 4. The lowest BCUT2D eigenvalue weighted by Crippen LogP contribution is -1.95. The van der Waals surface area contributed by atoms with Crippen molar-refractivity contribution < 1.29 is 0 Å². The fourth-order valence-electron chi connectivity index (χ4n) is 2.25. The molecule has 2 aromatic heterocycles. The smallest absolute Gasteiger partial charge is 0.146 e. The van der Waals surface area contributed by atoms with Crippen molar-refractivity contribution in [1.82, 2.24) is 14.5 Å². The maximum Gasteiger partial charge on any atom is 0.146 e. The third-order valence-electron chi connectivity index (χ3n) is 3.06. The number of nitrogens with zero attached hydrogens (tertiary/aromatic N) is 4. The molecule has 0 aromatic carbocycles. The van der Waals surface area contributed by atoms with Gasteiger partial charge in [-0.05, 0) is 26.0 Å². The third kappa shape index (κ3) is 2.03. The summed E-state index contributed by atoms with van der Waals surface area (Å²) in [7, 11) is 0. The van der Waals surface area contributed by atoms with Crippen molar-refractivity contribution in [3.8, 4) is 11.3 Å². The minimum Gasteiger partial charge on any atom is -0.303 e. The van der Waals surface area contributed by atoms with E-state index < -0.39 is 0 Å². The molecule has 0 aliphatic carbocycles. The first-order valence-electron chi connectivity index (χ1n) is 6.24. The number of rotatable bonds is 3. The minimum atomic E-state index is 0.733. The van der Waals surface area contributed by atoms with Crippen LogP contribution in [0.3, 0.4) is 0 Å². The molecule has 0 saturated heterocycles. The Kier molecular flexibility index (Phi) is 2.87. The van der Waals surface area contributed by atoms with Crippen molar-refractivity contribution >= 4 is 18.2 Å². The quantitative estimate of drug-likeness (QED) is 0.676. The van der Waals surface area contributed by atoms with Gasteiger partial charge < -0.3 is 4.57 Å². The molecule has 0 spiro atoms. The van der Waals surface area contributed by atoms with Crippen molar-refractivity contribution in [3.05, 3.63) is 35.9 Å². The molecule has 19 heavy (non-hydrogen) atoms. The van der Waals surface area contributed by atoms with Crippen molar-refractivity contribution in [2.75, 3.05) is 5.43 Å². The van der Waals surface area contributed by atoms with Gasteiger partial charge in [0.15, 0.2) is 0 Å². The molecule has 0 unspecified atom stereocenters. The van der Waals surface area contributed by atoms with Gasteiger partial charge in [0.2, 0.25) is 0 Å². The van der Waals surface area contributed by atoms with Crippen LogP contribution in [0.15, 0.2) is 29.5 Å². The molecule has 1 aliphatic heterocycles. The molecule has 5 nitrogen and oxygen atoms in total. The van der Waals surface area contributed by atoms with Crippen molar-refractivity contribution in [2.45, 2.75) is 20.3 Å². The molecule has 3 rings (SSSR count). The Morgan fingerprint density at radius 1 is 1.42 bits per heavy atom. The molecule has 0 radical (unpaired) electrons. The molecule has 5 heteroatoms. The Morgan fingerprint density at radius 3 is 3.05 bits per heavy atom. The third-order valence-corrected chi connectivity index (χ3v) is 3.06. The Hall–Kier alpha value is -2.43. The summed E-state index contributed by atoms with van der Waals surface area (Å²) in [5.41, 5.74) is 6.07. The van der Waals surface area contributed by atoms with Gasteiger partial charge in [-0.15, -0.1) is 0 Å². The molecule has 0 amide bonds. The molecule has 96 valence electrons. The average Bonchev–Trinajstić information content (AvgIpc) is 2.97. The molecule has 0 bridgehead atoms. The van der Waals surface area contributed by atoms with Crippen molar-refractivity contribution in [1.29, 1.82) is 0 Å². The summed E-state index contributed by atoms with van der Waals surface area (Å²) < 4.78 is 2.13. The maximum absolute atomic E-state index is 4.57. The van der Waals surface area contributed by atoms with Crippen LogP contribution in [0.4, 0.5) is 5.82 Å². The highest BCUT2D eigenvalue weighted by Gasteiger charge is 2.16. The van der Waals surface area contributed by atoms with E-state index in [2.05, 4.69) is 37.3 Å². The van der Waals surface area contributed by atoms with Crippen LogP contribution >= 0.6 is 0 Å². The topological polar surface area (TPSA) is 55.1 Å². The molecule has 0 saturated carbocycles. The van der Waals surface area contributed by atoms with E-state index in [0.717, 1.165) is 35.0 Å². The first-order chi connectivity index (χ1) is 9.29. The van der Waals surface area contributed by atoms with Crippen molar-refractivity contribution in [2.24, 2.45) is 5.10 Å². The highest BCUT2D eigenvalue weighted by atomic mass is 15.3. The van der Waals surface area contributed by atoms with Crippen LogP contribution in [0.2, 0.25) is 0 Å². The van der Waals surface area contributed by atoms with E-state index in [0.29, 0.717) is 0 Å². The Morgan fingerprint density at radius 2 is 2.32 bits per heavy atom. The zero-order valence-electron chi connectivity index (χ0n) is 11.0. The van der Waals surface area contributed by atoms with Gasteiger partial charge in [0.05, 0.1) is 11.4 Å². The van der Waals surface area contributed by atoms with E-state index >= 15 is 0 Å².